The number of halogens is 2. The van der Waals surface area contributed by atoms with Gasteiger partial charge in [0, 0.05) is 37.1 Å². The Hall–Kier alpha value is -4.18. The lowest BCUT2D eigenvalue weighted by atomic mass is 9.74. The number of anilines is 1. The Labute approximate surface area is 233 Å². The first-order valence-electron chi connectivity index (χ1n) is 13.1. The Bertz CT molecular complexity index is 1680. The molecule has 2 aromatic rings. The number of allylic oxidation sites excluding steroid dienone is 6. The van der Waals surface area contributed by atoms with Gasteiger partial charge in [0.2, 0.25) is 17.8 Å². The minimum absolute atomic E-state index is 0.0965. The van der Waals surface area contributed by atoms with Crippen molar-refractivity contribution in [1.29, 1.82) is 0 Å². The van der Waals surface area contributed by atoms with Gasteiger partial charge < -0.3 is 15.2 Å². The number of fused-ring (bicyclic) bond motifs is 5. The molecular weight excluding hydrogens is 535 g/mol. The summed E-state index contributed by atoms with van der Waals surface area (Å²) in [6, 6.07) is 2.94. The Morgan fingerprint density at radius 2 is 2.08 bits per heavy atom. The lowest BCUT2D eigenvalue weighted by Gasteiger charge is -2.42. The van der Waals surface area contributed by atoms with E-state index in [1.165, 1.54) is 31.3 Å². The molecule has 11 heteroatoms. The summed E-state index contributed by atoms with van der Waals surface area (Å²) in [5.41, 5.74) is 3.79. The molecule has 2 aromatic heterocycles. The van der Waals surface area contributed by atoms with Crippen LogP contribution >= 0.6 is 11.6 Å². The molecular formula is C29H24ClFN6O3. The van der Waals surface area contributed by atoms with E-state index in [2.05, 4.69) is 25.3 Å². The van der Waals surface area contributed by atoms with Crippen molar-refractivity contribution >= 4 is 41.2 Å². The second-order valence-electron chi connectivity index (χ2n) is 10.9. The molecule has 5 heterocycles. The summed E-state index contributed by atoms with van der Waals surface area (Å²) in [6.45, 7) is 2.03. The van der Waals surface area contributed by atoms with Gasteiger partial charge in [-0.1, -0.05) is 11.6 Å². The fourth-order valence-corrected chi connectivity index (χ4v) is 6.78. The number of aromatic nitrogens is 3. The number of hydrogen-bond acceptors (Lipinski definition) is 6. The van der Waals surface area contributed by atoms with E-state index in [-0.39, 0.29) is 40.4 Å². The molecule has 9 nitrogen and oxygen atoms in total. The molecule has 5 aliphatic rings. The van der Waals surface area contributed by atoms with Crippen LogP contribution in [0.5, 0.6) is 0 Å². The van der Waals surface area contributed by atoms with E-state index in [1.807, 2.05) is 4.90 Å². The van der Waals surface area contributed by atoms with Gasteiger partial charge in [0.05, 0.1) is 41.0 Å². The van der Waals surface area contributed by atoms with Crippen molar-refractivity contribution in [3.8, 4) is 11.3 Å². The van der Waals surface area contributed by atoms with Crippen molar-refractivity contribution in [3.05, 3.63) is 75.7 Å². The number of ketones is 1. The fraction of sp³-hybridized carbons (Fsp3) is 0.310. The summed E-state index contributed by atoms with van der Waals surface area (Å²) in [4.78, 5) is 55.5. The molecule has 2 N–H and O–H groups in total. The highest BCUT2D eigenvalue weighted by Crippen LogP contribution is 2.62. The molecule has 0 bridgehead atoms. The SMILES string of the molecule is CC(=O)Nc1ccc(-c2cnc(C3CN4C(=O)CC5(CC5)C4C4=C3C3=CC(=O)C=C/C3=C(\Cl)C=NC4)[nH]2)c(F)n1. The van der Waals surface area contributed by atoms with E-state index in [4.69, 9.17) is 11.6 Å². The number of carbonyl (C=O) groups excluding carboxylic acids is 3. The van der Waals surface area contributed by atoms with Crippen LogP contribution in [-0.2, 0) is 14.4 Å². The smallest absolute Gasteiger partial charge is 0.224 e. The van der Waals surface area contributed by atoms with Crippen molar-refractivity contribution in [2.24, 2.45) is 10.4 Å². The van der Waals surface area contributed by atoms with Crippen LogP contribution in [0.4, 0.5) is 10.2 Å². The fourth-order valence-electron chi connectivity index (χ4n) is 6.55. The van der Waals surface area contributed by atoms with Crippen molar-refractivity contribution in [2.45, 2.75) is 38.1 Å². The summed E-state index contributed by atoms with van der Waals surface area (Å²) < 4.78 is 15.0. The van der Waals surface area contributed by atoms with E-state index in [0.717, 1.165) is 24.0 Å². The van der Waals surface area contributed by atoms with Gasteiger partial charge in [0.25, 0.3) is 0 Å². The zero-order valence-electron chi connectivity index (χ0n) is 21.5. The Kier molecular flexibility index (Phi) is 5.54. The molecule has 2 unspecified atom stereocenters. The number of nitrogens with zero attached hydrogens (tertiary/aromatic N) is 4. The molecule has 40 heavy (non-hydrogen) atoms. The maximum Gasteiger partial charge on any atom is 0.224 e. The quantitative estimate of drug-likeness (QED) is 0.552. The van der Waals surface area contributed by atoms with Crippen LogP contribution in [0, 0.1) is 11.4 Å². The molecule has 0 radical (unpaired) electrons. The number of pyridine rings is 1. The molecule has 1 spiro atoms. The monoisotopic (exact) mass is 558 g/mol. The van der Waals surface area contributed by atoms with Crippen LogP contribution in [-0.4, -0.2) is 62.8 Å². The molecule has 1 saturated heterocycles. The third-order valence-electron chi connectivity index (χ3n) is 8.38. The topological polar surface area (TPSA) is 120 Å². The summed E-state index contributed by atoms with van der Waals surface area (Å²) in [5, 5.41) is 2.90. The van der Waals surface area contributed by atoms with Crippen LogP contribution in [0.15, 0.2) is 68.9 Å². The zero-order chi connectivity index (χ0) is 27.8. The number of hydrogen-bond donors (Lipinski definition) is 2. The molecule has 0 aromatic carbocycles. The summed E-state index contributed by atoms with van der Waals surface area (Å²) >= 11 is 6.63. The first-order valence-corrected chi connectivity index (χ1v) is 13.5. The van der Waals surface area contributed by atoms with Gasteiger partial charge in [0.15, 0.2) is 5.78 Å². The second kappa shape index (κ2) is 8.92. The van der Waals surface area contributed by atoms with Crippen LogP contribution < -0.4 is 5.32 Å². The predicted octanol–water partition coefficient (Wildman–Crippen LogP) is 3.99. The highest BCUT2D eigenvalue weighted by molar-refractivity contribution is 6.40. The second-order valence-corrected chi connectivity index (χ2v) is 11.3. The number of amides is 2. The molecule has 7 rings (SSSR count). The van der Waals surface area contributed by atoms with E-state index >= 15 is 0 Å². The number of H-pyrrole nitrogens is 1. The maximum atomic E-state index is 15.0. The van der Waals surface area contributed by atoms with Crippen molar-refractivity contribution < 1.29 is 18.8 Å². The average Bonchev–Trinajstić information content (AvgIpc) is 3.39. The van der Waals surface area contributed by atoms with Crippen LogP contribution in [0.3, 0.4) is 0 Å². The Morgan fingerprint density at radius 3 is 2.83 bits per heavy atom. The zero-order valence-corrected chi connectivity index (χ0v) is 22.3. The number of nitrogens with one attached hydrogen (secondary N) is 2. The van der Waals surface area contributed by atoms with E-state index in [9.17, 15) is 18.8 Å². The van der Waals surface area contributed by atoms with Crippen molar-refractivity contribution in [1.82, 2.24) is 19.9 Å². The number of aromatic amines is 1. The van der Waals surface area contributed by atoms with Gasteiger partial charge in [-0.15, -0.1) is 0 Å². The Morgan fingerprint density at radius 1 is 1.25 bits per heavy atom. The number of carbonyl (C=O) groups is 3. The van der Waals surface area contributed by atoms with Gasteiger partial charge in [-0.3, -0.25) is 19.4 Å². The van der Waals surface area contributed by atoms with Gasteiger partial charge in [-0.2, -0.15) is 4.39 Å². The molecule has 3 aliphatic heterocycles. The Balaban J connectivity index is 1.36. The number of imidazole rings is 1. The number of aliphatic imine (C=N–C) groups is 1. The molecule has 2 amide bonds. The third-order valence-corrected chi connectivity index (χ3v) is 8.69. The van der Waals surface area contributed by atoms with E-state index < -0.39 is 11.9 Å². The highest BCUT2D eigenvalue weighted by atomic mass is 35.5. The first-order chi connectivity index (χ1) is 19.2. The lowest BCUT2D eigenvalue weighted by molar-refractivity contribution is -0.129. The van der Waals surface area contributed by atoms with Gasteiger partial charge in [-0.25, -0.2) is 9.97 Å². The molecule has 202 valence electrons. The van der Waals surface area contributed by atoms with E-state index in [0.29, 0.717) is 47.2 Å². The molecule has 1 saturated carbocycles. The van der Waals surface area contributed by atoms with Gasteiger partial charge in [0.1, 0.15) is 11.6 Å². The minimum Gasteiger partial charge on any atom is -0.341 e. The lowest BCUT2D eigenvalue weighted by Crippen LogP contribution is -2.46. The highest BCUT2D eigenvalue weighted by Gasteiger charge is 2.62. The molecule has 2 fully saturated rings. The normalized spacial score (nSPS) is 26.3. The summed E-state index contributed by atoms with van der Waals surface area (Å²) in [6.07, 6.45) is 10.4. The first kappa shape index (κ1) is 24.8. The van der Waals surface area contributed by atoms with Crippen LogP contribution in [0.1, 0.15) is 37.9 Å². The van der Waals surface area contributed by atoms with E-state index in [1.54, 1.807) is 18.4 Å². The van der Waals surface area contributed by atoms with Gasteiger partial charge >= 0.3 is 0 Å². The standard InChI is InChI=1S/C29H24ClFN6O3/c1-14(38)34-23-5-4-17(27(31)36-23)22-12-33-28(35-22)20-13-37-24(40)9-29(6-7-29)26(37)19-10-32-11-21(30)16-3-2-15(39)8-18(16)25(19)20/h2-5,8,11-12,20,26H,6-7,9-10,13H2,1H3,(H,33,35)(H,34,36,38)/b21-16+,32-11?. The number of rotatable bonds is 3. The summed E-state index contributed by atoms with van der Waals surface area (Å²) in [7, 11) is 0. The predicted molar refractivity (Wildman–Crippen MR) is 146 cm³/mol. The third kappa shape index (κ3) is 3.89. The largest absolute Gasteiger partial charge is 0.341 e. The van der Waals surface area contributed by atoms with Crippen LogP contribution in [0.2, 0.25) is 0 Å². The molecule has 2 aliphatic carbocycles. The summed E-state index contributed by atoms with van der Waals surface area (Å²) in [5.74, 6) is -0.956. The van der Waals surface area contributed by atoms with Crippen molar-refractivity contribution in [3.63, 3.8) is 0 Å². The average molecular weight is 559 g/mol. The maximum absolute atomic E-state index is 15.0. The minimum atomic E-state index is -0.765. The van der Waals surface area contributed by atoms with Crippen molar-refractivity contribution in [2.75, 3.05) is 18.4 Å². The molecule has 2 atom stereocenters. The van der Waals surface area contributed by atoms with Crippen LogP contribution in [0.25, 0.3) is 11.3 Å². The van der Waals surface area contributed by atoms with Gasteiger partial charge in [-0.05, 0) is 59.9 Å².